The van der Waals surface area contributed by atoms with E-state index in [1.807, 2.05) is 35.0 Å². The van der Waals surface area contributed by atoms with Crippen LogP contribution in [0.15, 0.2) is 42.7 Å². The molecule has 0 unspecified atom stereocenters. The number of rotatable bonds is 3. The smallest absolute Gasteiger partial charge is 0.166 e. The minimum Gasteiger partial charge on any atom is -0.339 e. The average molecular weight is 186 g/mol. The second-order valence-corrected chi connectivity index (χ2v) is 3.00. The fourth-order valence-corrected chi connectivity index (χ4v) is 1.34. The zero-order valence-corrected chi connectivity index (χ0v) is 7.63. The molecule has 0 aliphatic carbocycles. The second-order valence-electron chi connectivity index (χ2n) is 3.00. The first-order chi connectivity index (χ1) is 6.90. The molecular weight excluding hydrogens is 176 g/mol. The monoisotopic (exact) mass is 186 g/mol. The maximum atomic E-state index is 10.6. The van der Waals surface area contributed by atoms with Crippen molar-refractivity contribution in [3.63, 3.8) is 0 Å². The van der Waals surface area contributed by atoms with E-state index < -0.39 is 0 Å². The number of carbonyl (C=O) groups excluding carboxylic acids is 1. The summed E-state index contributed by atoms with van der Waals surface area (Å²) in [5.74, 6) is 0. The van der Waals surface area contributed by atoms with Gasteiger partial charge in [-0.1, -0.05) is 6.07 Å². The van der Waals surface area contributed by atoms with Crippen LogP contribution in [0.2, 0.25) is 0 Å². The Kier molecular flexibility index (Phi) is 2.40. The van der Waals surface area contributed by atoms with Crippen LogP contribution in [0.5, 0.6) is 0 Å². The molecular formula is C11H10N2O. The van der Waals surface area contributed by atoms with Crippen LogP contribution >= 0.6 is 0 Å². The van der Waals surface area contributed by atoms with Gasteiger partial charge in [0.1, 0.15) is 0 Å². The Labute approximate surface area is 82.0 Å². The van der Waals surface area contributed by atoms with Gasteiger partial charge in [0.05, 0.1) is 17.9 Å². The van der Waals surface area contributed by atoms with Crippen LogP contribution in [-0.4, -0.2) is 15.8 Å². The summed E-state index contributed by atoms with van der Waals surface area (Å²) in [5, 5.41) is 0. The van der Waals surface area contributed by atoms with E-state index in [-0.39, 0.29) is 0 Å². The van der Waals surface area contributed by atoms with E-state index in [0.29, 0.717) is 12.2 Å². The zero-order valence-electron chi connectivity index (χ0n) is 7.63. The number of nitrogens with zero attached hydrogens (tertiary/aromatic N) is 2. The van der Waals surface area contributed by atoms with Crippen molar-refractivity contribution in [2.45, 2.75) is 6.54 Å². The highest BCUT2D eigenvalue weighted by Crippen LogP contribution is 2.03. The third-order valence-electron chi connectivity index (χ3n) is 2.04. The molecule has 14 heavy (non-hydrogen) atoms. The Hall–Kier alpha value is -1.90. The summed E-state index contributed by atoms with van der Waals surface area (Å²) in [4.78, 5) is 14.8. The lowest BCUT2D eigenvalue weighted by molar-refractivity contribution is 0.111. The van der Waals surface area contributed by atoms with Gasteiger partial charge in [0.25, 0.3) is 0 Å². The lowest BCUT2D eigenvalue weighted by atomic mass is 10.3. The third-order valence-corrected chi connectivity index (χ3v) is 2.04. The number of pyridine rings is 1. The highest BCUT2D eigenvalue weighted by Gasteiger charge is 1.99. The second kappa shape index (κ2) is 3.87. The minimum absolute atomic E-state index is 0.641. The van der Waals surface area contributed by atoms with Gasteiger partial charge in [-0.3, -0.25) is 9.78 Å². The molecule has 3 nitrogen and oxygen atoms in total. The van der Waals surface area contributed by atoms with E-state index >= 15 is 0 Å². The van der Waals surface area contributed by atoms with E-state index in [4.69, 9.17) is 0 Å². The molecule has 0 amide bonds. The van der Waals surface area contributed by atoms with Gasteiger partial charge >= 0.3 is 0 Å². The third kappa shape index (κ3) is 1.71. The van der Waals surface area contributed by atoms with Crippen molar-refractivity contribution in [1.82, 2.24) is 9.55 Å². The maximum Gasteiger partial charge on any atom is 0.166 e. The van der Waals surface area contributed by atoms with E-state index in [0.717, 1.165) is 12.0 Å². The summed E-state index contributed by atoms with van der Waals surface area (Å²) in [6.07, 6.45) is 4.47. The SMILES string of the molecule is O=Cc1cccn1Cc1ccccn1. The van der Waals surface area contributed by atoms with Crippen LogP contribution < -0.4 is 0 Å². The minimum atomic E-state index is 0.641. The zero-order chi connectivity index (χ0) is 9.80. The molecule has 70 valence electrons. The molecule has 0 aliphatic heterocycles. The van der Waals surface area contributed by atoms with Gasteiger partial charge in [-0.25, -0.2) is 0 Å². The maximum absolute atomic E-state index is 10.6. The van der Waals surface area contributed by atoms with Crippen molar-refractivity contribution < 1.29 is 4.79 Å². The van der Waals surface area contributed by atoms with Gasteiger partial charge in [-0.2, -0.15) is 0 Å². The molecule has 0 bridgehead atoms. The standard InChI is InChI=1S/C11H10N2O/c14-9-11-5-3-7-13(11)8-10-4-1-2-6-12-10/h1-7,9H,8H2. The van der Waals surface area contributed by atoms with Gasteiger partial charge < -0.3 is 4.57 Å². The van der Waals surface area contributed by atoms with Crippen molar-refractivity contribution in [2.24, 2.45) is 0 Å². The topological polar surface area (TPSA) is 34.9 Å². The summed E-state index contributed by atoms with van der Waals surface area (Å²) in [7, 11) is 0. The molecule has 2 heterocycles. The highest BCUT2D eigenvalue weighted by molar-refractivity contribution is 5.72. The van der Waals surface area contributed by atoms with Gasteiger partial charge in [-0.05, 0) is 24.3 Å². The van der Waals surface area contributed by atoms with E-state index in [1.165, 1.54) is 0 Å². The molecule has 2 aromatic heterocycles. The van der Waals surface area contributed by atoms with Crippen LogP contribution in [0.1, 0.15) is 16.2 Å². The first-order valence-corrected chi connectivity index (χ1v) is 4.40. The number of carbonyl (C=O) groups is 1. The van der Waals surface area contributed by atoms with Crippen molar-refractivity contribution in [3.05, 3.63) is 54.1 Å². The van der Waals surface area contributed by atoms with Gasteiger partial charge in [0.2, 0.25) is 0 Å². The van der Waals surface area contributed by atoms with Crippen LogP contribution in [0.4, 0.5) is 0 Å². The summed E-state index contributed by atoms with van der Waals surface area (Å²) in [6.45, 7) is 0.641. The number of hydrogen-bond acceptors (Lipinski definition) is 2. The fraction of sp³-hybridized carbons (Fsp3) is 0.0909. The Balaban J connectivity index is 2.23. The average Bonchev–Trinajstić information content (AvgIpc) is 2.67. The fourth-order valence-electron chi connectivity index (χ4n) is 1.34. The van der Waals surface area contributed by atoms with Crippen molar-refractivity contribution >= 4 is 6.29 Å². The lowest BCUT2D eigenvalue weighted by Gasteiger charge is -2.03. The van der Waals surface area contributed by atoms with E-state index in [9.17, 15) is 4.79 Å². The molecule has 2 rings (SSSR count). The molecule has 0 radical (unpaired) electrons. The highest BCUT2D eigenvalue weighted by atomic mass is 16.1. The van der Waals surface area contributed by atoms with Gasteiger partial charge in [0.15, 0.2) is 6.29 Å². The predicted molar refractivity (Wildman–Crippen MR) is 53.2 cm³/mol. The number of hydrogen-bond donors (Lipinski definition) is 0. The molecule has 0 aromatic carbocycles. The molecule has 2 aromatic rings. The normalized spacial score (nSPS) is 10.0. The van der Waals surface area contributed by atoms with Crippen molar-refractivity contribution in [3.8, 4) is 0 Å². The largest absolute Gasteiger partial charge is 0.339 e. The first kappa shape index (κ1) is 8.69. The molecule has 0 atom stereocenters. The Morgan fingerprint density at radius 2 is 2.21 bits per heavy atom. The molecule has 0 fully saturated rings. The molecule has 3 heteroatoms. The van der Waals surface area contributed by atoms with E-state index in [2.05, 4.69) is 4.98 Å². The molecule has 0 N–H and O–H groups in total. The van der Waals surface area contributed by atoms with Gasteiger partial charge in [0, 0.05) is 12.4 Å². The molecule has 0 spiro atoms. The number of aromatic nitrogens is 2. The quantitative estimate of drug-likeness (QED) is 0.684. The van der Waals surface area contributed by atoms with Crippen LogP contribution in [0.3, 0.4) is 0 Å². The lowest BCUT2D eigenvalue weighted by Crippen LogP contribution is -2.03. The van der Waals surface area contributed by atoms with Crippen molar-refractivity contribution in [2.75, 3.05) is 0 Å². The summed E-state index contributed by atoms with van der Waals surface area (Å²) < 4.78 is 1.87. The number of aldehydes is 1. The molecule has 0 saturated heterocycles. The Morgan fingerprint density at radius 1 is 1.29 bits per heavy atom. The van der Waals surface area contributed by atoms with Gasteiger partial charge in [-0.15, -0.1) is 0 Å². The summed E-state index contributed by atoms with van der Waals surface area (Å²) in [5.41, 5.74) is 1.63. The summed E-state index contributed by atoms with van der Waals surface area (Å²) >= 11 is 0. The molecule has 0 aliphatic rings. The Morgan fingerprint density at radius 3 is 2.93 bits per heavy atom. The summed E-state index contributed by atoms with van der Waals surface area (Å²) in [6, 6.07) is 9.39. The molecule has 0 saturated carbocycles. The van der Waals surface area contributed by atoms with Crippen LogP contribution in [-0.2, 0) is 6.54 Å². The van der Waals surface area contributed by atoms with E-state index in [1.54, 1.807) is 12.3 Å². The predicted octanol–water partition coefficient (Wildman–Crippen LogP) is 1.74. The first-order valence-electron chi connectivity index (χ1n) is 4.40. The van der Waals surface area contributed by atoms with Crippen LogP contribution in [0.25, 0.3) is 0 Å². The Bertz CT molecular complexity index is 420. The van der Waals surface area contributed by atoms with Crippen LogP contribution in [0, 0.1) is 0 Å². The van der Waals surface area contributed by atoms with Crippen molar-refractivity contribution in [1.29, 1.82) is 0 Å².